The fourth-order valence-electron chi connectivity index (χ4n) is 9.46. The van der Waals surface area contributed by atoms with E-state index < -0.39 is 10.1 Å². The van der Waals surface area contributed by atoms with E-state index in [1.165, 1.54) is 57.8 Å². The summed E-state index contributed by atoms with van der Waals surface area (Å²) in [4.78, 5) is 0. The first kappa shape index (κ1) is 29.6. The van der Waals surface area contributed by atoms with Crippen LogP contribution in [0.2, 0.25) is 0 Å². The van der Waals surface area contributed by atoms with Crippen LogP contribution in [0, 0.1) is 46.3 Å². The molecule has 4 aliphatic rings. The average Bonchev–Trinajstić information content (AvgIpc) is 3.17. The lowest BCUT2D eigenvalue weighted by Gasteiger charge is -2.58. The predicted octanol–water partition coefficient (Wildman–Crippen LogP) is 8.17. The van der Waals surface area contributed by atoms with Crippen molar-refractivity contribution in [2.24, 2.45) is 46.3 Å². The molecule has 0 spiro atoms. The van der Waals surface area contributed by atoms with E-state index in [-0.39, 0.29) is 6.61 Å². The molecular formula is C32H56O4S. The van der Waals surface area contributed by atoms with Gasteiger partial charge in [0.25, 0.3) is 10.1 Å². The van der Waals surface area contributed by atoms with E-state index in [0.717, 1.165) is 67.4 Å². The van der Waals surface area contributed by atoms with Gasteiger partial charge in [0.2, 0.25) is 0 Å². The summed E-state index contributed by atoms with van der Waals surface area (Å²) in [5.41, 5.74) is 2.61. The highest BCUT2D eigenvalue weighted by atomic mass is 32.2. The summed E-state index contributed by atoms with van der Waals surface area (Å²) in [7, 11) is -3.33. The molecule has 4 rings (SSSR count). The molecule has 214 valence electrons. The number of hydrogen-bond acceptors (Lipinski definition) is 4. The Morgan fingerprint density at radius 2 is 1.70 bits per heavy atom. The third kappa shape index (κ3) is 6.68. The van der Waals surface area contributed by atoms with Crippen LogP contribution in [0.5, 0.6) is 0 Å². The molecule has 8 atom stereocenters. The van der Waals surface area contributed by atoms with Crippen molar-refractivity contribution in [3.8, 4) is 0 Å². The van der Waals surface area contributed by atoms with Crippen molar-refractivity contribution in [3.05, 3.63) is 11.6 Å². The monoisotopic (exact) mass is 536 g/mol. The first-order chi connectivity index (χ1) is 17.4. The summed E-state index contributed by atoms with van der Waals surface area (Å²) in [6, 6.07) is 0. The van der Waals surface area contributed by atoms with Crippen molar-refractivity contribution in [2.75, 3.05) is 19.5 Å². The fraction of sp³-hybridized carbons (Fsp3) is 0.938. The molecule has 0 saturated heterocycles. The van der Waals surface area contributed by atoms with Gasteiger partial charge in [-0.05, 0) is 111 Å². The summed E-state index contributed by atoms with van der Waals surface area (Å²) in [6.07, 6.45) is 20.5. The summed E-state index contributed by atoms with van der Waals surface area (Å²) in [5.74, 6) is 5.29. The smallest absolute Gasteiger partial charge is 0.264 e. The number of allylic oxidation sites excluding steroid dienone is 1. The Kier molecular flexibility index (Phi) is 9.60. The van der Waals surface area contributed by atoms with Crippen LogP contribution in [0.15, 0.2) is 11.6 Å². The molecule has 3 saturated carbocycles. The van der Waals surface area contributed by atoms with Gasteiger partial charge >= 0.3 is 0 Å². The standard InChI is InChI=1S/C32H56O4S/c1-23(2)10-9-11-24(3)28-14-15-29-27-13-12-25-22-26(35-20-7-8-21-36-37(6,33)34)16-18-31(25,4)30(27)17-19-32(28,29)5/h12,23-24,26-30H,7-11,13-22H2,1-6H3/t24-,26+,27+,28-,29+,30+,31+,32-/m1/s1. The van der Waals surface area contributed by atoms with Gasteiger partial charge in [-0.25, -0.2) is 0 Å². The third-order valence-corrected chi connectivity index (χ3v) is 12.0. The highest BCUT2D eigenvalue weighted by Crippen LogP contribution is 2.67. The average molecular weight is 537 g/mol. The highest BCUT2D eigenvalue weighted by Gasteiger charge is 2.59. The number of fused-ring (bicyclic) bond motifs is 5. The van der Waals surface area contributed by atoms with E-state index in [1.807, 2.05) is 0 Å². The van der Waals surface area contributed by atoms with Crippen molar-refractivity contribution in [1.29, 1.82) is 0 Å². The zero-order chi connectivity index (χ0) is 26.8. The van der Waals surface area contributed by atoms with Gasteiger partial charge in [-0.15, -0.1) is 0 Å². The second kappa shape index (κ2) is 12.0. The maximum atomic E-state index is 11.1. The lowest BCUT2D eigenvalue weighted by molar-refractivity contribution is -0.0641. The van der Waals surface area contributed by atoms with Crippen LogP contribution in [-0.2, 0) is 19.0 Å². The van der Waals surface area contributed by atoms with Crippen LogP contribution in [-0.4, -0.2) is 34.0 Å². The summed E-state index contributed by atoms with van der Waals surface area (Å²) in [5, 5.41) is 0. The molecule has 0 N–H and O–H groups in total. The van der Waals surface area contributed by atoms with E-state index in [4.69, 9.17) is 8.92 Å². The maximum Gasteiger partial charge on any atom is 0.264 e. The number of rotatable bonds is 12. The number of ether oxygens (including phenoxy) is 1. The molecule has 0 aliphatic heterocycles. The largest absolute Gasteiger partial charge is 0.378 e. The van der Waals surface area contributed by atoms with Crippen molar-refractivity contribution in [3.63, 3.8) is 0 Å². The Morgan fingerprint density at radius 3 is 2.43 bits per heavy atom. The summed E-state index contributed by atoms with van der Waals surface area (Å²) in [6.45, 7) is 13.6. The van der Waals surface area contributed by atoms with E-state index >= 15 is 0 Å². The molecule has 5 heteroatoms. The lowest BCUT2D eigenvalue weighted by Crippen LogP contribution is -2.51. The normalized spacial score (nSPS) is 38.6. The van der Waals surface area contributed by atoms with Crippen LogP contribution in [0.3, 0.4) is 0 Å². The predicted molar refractivity (Wildman–Crippen MR) is 153 cm³/mol. The van der Waals surface area contributed by atoms with Crippen molar-refractivity contribution in [1.82, 2.24) is 0 Å². The molecule has 0 aromatic heterocycles. The topological polar surface area (TPSA) is 52.6 Å². The fourth-order valence-corrected chi connectivity index (χ4v) is 9.88. The van der Waals surface area contributed by atoms with Crippen molar-refractivity contribution >= 4 is 10.1 Å². The van der Waals surface area contributed by atoms with Gasteiger partial charge in [0, 0.05) is 6.61 Å². The highest BCUT2D eigenvalue weighted by molar-refractivity contribution is 7.85. The quantitative estimate of drug-likeness (QED) is 0.143. The second-order valence-electron chi connectivity index (χ2n) is 14.3. The summed E-state index contributed by atoms with van der Waals surface area (Å²) < 4.78 is 33.3. The van der Waals surface area contributed by atoms with Gasteiger partial charge in [-0.1, -0.05) is 65.5 Å². The van der Waals surface area contributed by atoms with Gasteiger partial charge in [0.1, 0.15) is 0 Å². The molecule has 0 bridgehead atoms. The van der Waals surface area contributed by atoms with Gasteiger partial charge in [-0.3, -0.25) is 4.18 Å². The molecule has 3 fully saturated rings. The maximum absolute atomic E-state index is 11.1. The molecule has 37 heavy (non-hydrogen) atoms. The Hall–Kier alpha value is -0.390. The van der Waals surface area contributed by atoms with Crippen LogP contribution in [0.25, 0.3) is 0 Å². The van der Waals surface area contributed by atoms with E-state index in [9.17, 15) is 8.42 Å². The van der Waals surface area contributed by atoms with Crippen LogP contribution in [0.1, 0.15) is 118 Å². The molecule has 0 aromatic carbocycles. The summed E-state index contributed by atoms with van der Waals surface area (Å²) >= 11 is 0. The zero-order valence-corrected chi connectivity index (χ0v) is 25.6. The third-order valence-electron chi connectivity index (χ3n) is 11.4. The SMILES string of the molecule is CC(C)CCC[C@@H](C)[C@H]1CC[C@H]2[C@@H]3CC=C4C[C@@H](OCCCCOS(C)(=O)=O)CC[C@]4(C)[C@H]3CC[C@]12C. The van der Waals surface area contributed by atoms with E-state index in [0.29, 0.717) is 23.5 Å². The van der Waals surface area contributed by atoms with Gasteiger partial charge in [0.05, 0.1) is 19.0 Å². The Labute approximate surface area is 228 Å². The minimum Gasteiger partial charge on any atom is -0.378 e. The molecular weight excluding hydrogens is 480 g/mol. The minimum absolute atomic E-state index is 0.261. The first-order valence-corrected chi connectivity index (χ1v) is 17.4. The van der Waals surface area contributed by atoms with Crippen LogP contribution < -0.4 is 0 Å². The molecule has 0 unspecified atom stereocenters. The minimum atomic E-state index is -3.33. The van der Waals surface area contributed by atoms with Crippen LogP contribution >= 0.6 is 0 Å². The van der Waals surface area contributed by atoms with Crippen molar-refractivity contribution < 1.29 is 17.3 Å². The number of hydrogen-bond donors (Lipinski definition) is 0. The molecule has 0 heterocycles. The van der Waals surface area contributed by atoms with Gasteiger partial charge in [0.15, 0.2) is 0 Å². The van der Waals surface area contributed by atoms with E-state index in [1.54, 1.807) is 5.57 Å². The van der Waals surface area contributed by atoms with Gasteiger partial charge < -0.3 is 4.74 Å². The molecule has 0 radical (unpaired) electrons. The molecule has 4 aliphatic carbocycles. The lowest BCUT2D eigenvalue weighted by atomic mass is 9.47. The first-order valence-electron chi connectivity index (χ1n) is 15.6. The molecule has 0 aromatic rings. The van der Waals surface area contributed by atoms with Crippen molar-refractivity contribution in [2.45, 2.75) is 124 Å². The Balaban J connectivity index is 1.31. The van der Waals surface area contributed by atoms with Crippen LogP contribution in [0.4, 0.5) is 0 Å². The second-order valence-corrected chi connectivity index (χ2v) is 15.9. The van der Waals surface area contributed by atoms with Gasteiger partial charge in [-0.2, -0.15) is 8.42 Å². The Morgan fingerprint density at radius 1 is 0.946 bits per heavy atom. The number of unbranched alkanes of at least 4 members (excludes halogenated alkanes) is 1. The molecule has 4 nitrogen and oxygen atoms in total. The Bertz CT molecular complexity index is 894. The molecule has 0 amide bonds. The van der Waals surface area contributed by atoms with E-state index in [2.05, 4.69) is 40.7 Å². The zero-order valence-electron chi connectivity index (χ0n) is 24.8.